The molecule has 19 heavy (non-hydrogen) atoms. The molecule has 0 bridgehead atoms. The fraction of sp³-hybridized carbons (Fsp3) is 0.312. The number of hydrogen-bond donors (Lipinski definition) is 1. The molecule has 3 rings (SSSR count). The van der Waals surface area contributed by atoms with Gasteiger partial charge in [-0.2, -0.15) is 0 Å². The Kier molecular flexibility index (Phi) is 3.47. The summed E-state index contributed by atoms with van der Waals surface area (Å²) in [5.74, 6) is 1.05. The van der Waals surface area contributed by atoms with E-state index in [9.17, 15) is 0 Å². The average Bonchev–Trinajstić information content (AvgIpc) is 2.97. The average molecular weight is 253 g/mol. The zero-order chi connectivity index (χ0) is 13.1. The van der Waals surface area contributed by atoms with Crippen molar-refractivity contribution in [3.63, 3.8) is 0 Å². The Morgan fingerprint density at radius 1 is 1.16 bits per heavy atom. The van der Waals surface area contributed by atoms with E-state index in [0.29, 0.717) is 12.6 Å². The molecule has 3 heteroatoms. The van der Waals surface area contributed by atoms with Gasteiger partial charge in [0.1, 0.15) is 5.82 Å². The Morgan fingerprint density at radius 2 is 2.00 bits per heavy atom. The van der Waals surface area contributed by atoms with Gasteiger partial charge in [-0.25, -0.2) is 4.98 Å². The SMILES string of the molecule is NCc1cccnc1N1CCCC1c1ccccc1. The number of benzene rings is 1. The van der Waals surface area contributed by atoms with Crippen LogP contribution in [0, 0.1) is 0 Å². The van der Waals surface area contributed by atoms with Crippen molar-refractivity contribution in [1.82, 2.24) is 4.98 Å². The monoisotopic (exact) mass is 253 g/mol. The van der Waals surface area contributed by atoms with Gasteiger partial charge in [-0.1, -0.05) is 36.4 Å². The van der Waals surface area contributed by atoms with E-state index >= 15 is 0 Å². The molecule has 2 aromatic rings. The van der Waals surface area contributed by atoms with Crippen molar-refractivity contribution < 1.29 is 0 Å². The first-order valence-corrected chi connectivity index (χ1v) is 6.85. The van der Waals surface area contributed by atoms with Gasteiger partial charge in [0.25, 0.3) is 0 Å². The molecule has 98 valence electrons. The molecular weight excluding hydrogens is 234 g/mol. The van der Waals surface area contributed by atoms with E-state index in [4.69, 9.17) is 5.73 Å². The third-order valence-corrected chi connectivity index (χ3v) is 3.80. The lowest BCUT2D eigenvalue weighted by Crippen LogP contribution is -2.25. The summed E-state index contributed by atoms with van der Waals surface area (Å²) in [5.41, 5.74) is 8.33. The summed E-state index contributed by atoms with van der Waals surface area (Å²) in [7, 11) is 0. The zero-order valence-electron chi connectivity index (χ0n) is 11.0. The number of nitrogens with two attached hydrogens (primary N) is 1. The number of nitrogens with zero attached hydrogens (tertiary/aromatic N) is 2. The summed E-state index contributed by atoms with van der Waals surface area (Å²) in [5, 5.41) is 0. The van der Waals surface area contributed by atoms with Gasteiger partial charge in [0.2, 0.25) is 0 Å². The first-order valence-electron chi connectivity index (χ1n) is 6.85. The molecule has 0 saturated carbocycles. The Hall–Kier alpha value is -1.87. The standard InChI is InChI=1S/C16H19N3/c17-12-14-8-4-10-18-16(14)19-11-5-9-15(19)13-6-2-1-3-7-13/h1-4,6-8,10,15H,5,9,11-12,17H2. The van der Waals surface area contributed by atoms with Crippen LogP contribution in [0.1, 0.15) is 30.0 Å². The molecule has 1 aliphatic rings. The highest BCUT2D eigenvalue weighted by atomic mass is 15.2. The molecule has 1 unspecified atom stereocenters. The summed E-state index contributed by atoms with van der Waals surface area (Å²) in [6.45, 7) is 1.60. The minimum Gasteiger partial charge on any atom is -0.349 e. The van der Waals surface area contributed by atoms with E-state index < -0.39 is 0 Å². The van der Waals surface area contributed by atoms with Gasteiger partial charge < -0.3 is 10.6 Å². The molecule has 2 N–H and O–H groups in total. The Morgan fingerprint density at radius 3 is 2.79 bits per heavy atom. The number of rotatable bonds is 3. The molecule has 1 atom stereocenters. The van der Waals surface area contributed by atoms with E-state index in [1.165, 1.54) is 18.4 Å². The maximum atomic E-state index is 5.84. The molecule has 2 heterocycles. The topological polar surface area (TPSA) is 42.1 Å². The molecule has 3 nitrogen and oxygen atoms in total. The normalized spacial score (nSPS) is 18.8. The summed E-state index contributed by atoms with van der Waals surface area (Å²) >= 11 is 0. The lowest BCUT2D eigenvalue weighted by Gasteiger charge is -2.27. The zero-order valence-corrected chi connectivity index (χ0v) is 11.0. The number of aromatic nitrogens is 1. The van der Waals surface area contributed by atoms with E-state index in [1.54, 1.807) is 0 Å². The largest absolute Gasteiger partial charge is 0.349 e. The van der Waals surface area contributed by atoms with Crippen LogP contribution in [0.3, 0.4) is 0 Å². The van der Waals surface area contributed by atoms with E-state index in [2.05, 4.69) is 46.3 Å². The predicted molar refractivity (Wildman–Crippen MR) is 77.9 cm³/mol. The van der Waals surface area contributed by atoms with Crippen LogP contribution >= 0.6 is 0 Å². The highest BCUT2D eigenvalue weighted by Crippen LogP contribution is 2.36. The number of pyridine rings is 1. The summed E-state index contributed by atoms with van der Waals surface area (Å²) in [6.07, 6.45) is 4.25. The van der Waals surface area contributed by atoms with Crippen molar-refractivity contribution in [2.75, 3.05) is 11.4 Å². The first kappa shape index (κ1) is 12.2. The van der Waals surface area contributed by atoms with Crippen molar-refractivity contribution >= 4 is 5.82 Å². The maximum absolute atomic E-state index is 5.84. The summed E-state index contributed by atoms with van der Waals surface area (Å²) in [4.78, 5) is 6.95. The van der Waals surface area contributed by atoms with Crippen LogP contribution in [0.4, 0.5) is 5.82 Å². The lowest BCUT2D eigenvalue weighted by molar-refractivity contribution is 0.707. The molecule has 1 aliphatic heterocycles. The smallest absolute Gasteiger partial charge is 0.133 e. The molecule has 0 radical (unpaired) electrons. The van der Waals surface area contributed by atoms with E-state index in [-0.39, 0.29) is 0 Å². The molecular formula is C16H19N3. The van der Waals surface area contributed by atoms with Crippen LogP contribution in [0.2, 0.25) is 0 Å². The second-order valence-electron chi connectivity index (χ2n) is 4.95. The Balaban J connectivity index is 1.95. The van der Waals surface area contributed by atoms with Crippen molar-refractivity contribution in [3.05, 3.63) is 59.8 Å². The first-order chi connectivity index (χ1) is 9.40. The second kappa shape index (κ2) is 5.41. The maximum Gasteiger partial charge on any atom is 0.133 e. The third-order valence-electron chi connectivity index (χ3n) is 3.80. The lowest BCUT2D eigenvalue weighted by atomic mass is 10.0. The van der Waals surface area contributed by atoms with Gasteiger partial charge in [0.15, 0.2) is 0 Å². The van der Waals surface area contributed by atoms with Crippen molar-refractivity contribution in [3.8, 4) is 0 Å². The molecule has 1 saturated heterocycles. The van der Waals surface area contributed by atoms with Gasteiger partial charge in [-0.15, -0.1) is 0 Å². The van der Waals surface area contributed by atoms with E-state index in [1.807, 2.05) is 12.3 Å². The van der Waals surface area contributed by atoms with Gasteiger partial charge in [-0.05, 0) is 24.5 Å². The van der Waals surface area contributed by atoms with Crippen LogP contribution in [-0.4, -0.2) is 11.5 Å². The van der Waals surface area contributed by atoms with Gasteiger partial charge in [-0.3, -0.25) is 0 Å². The molecule has 1 fully saturated rings. The van der Waals surface area contributed by atoms with Gasteiger partial charge in [0, 0.05) is 24.8 Å². The predicted octanol–water partition coefficient (Wildman–Crippen LogP) is 2.88. The van der Waals surface area contributed by atoms with Crippen LogP contribution in [0.15, 0.2) is 48.7 Å². The fourth-order valence-electron chi connectivity index (χ4n) is 2.89. The van der Waals surface area contributed by atoms with E-state index in [0.717, 1.165) is 17.9 Å². The van der Waals surface area contributed by atoms with Crippen LogP contribution in [0.25, 0.3) is 0 Å². The van der Waals surface area contributed by atoms with Gasteiger partial charge in [0.05, 0.1) is 6.04 Å². The number of anilines is 1. The highest BCUT2D eigenvalue weighted by Gasteiger charge is 2.27. The van der Waals surface area contributed by atoms with Crippen LogP contribution in [0.5, 0.6) is 0 Å². The summed E-state index contributed by atoms with van der Waals surface area (Å²) in [6, 6.07) is 15.1. The van der Waals surface area contributed by atoms with Crippen molar-refractivity contribution in [1.29, 1.82) is 0 Å². The third kappa shape index (κ3) is 2.34. The number of hydrogen-bond acceptors (Lipinski definition) is 3. The van der Waals surface area contributed by atoms with Gasteiger partial charge >= 0.3 is 0 Å². The Labute approximate surface area is 114 Å². The quantitative estimate of drug-likeness (QED) is 0.914. The molecule has 1 aromatic carbocycles. The summed E-state index contributed by atoms with van der Waals surface area (Å²) < 4.78 is 0. The molecule has 0 amide bonds. The minimum absolute atomic E-state index is 0.432. The van der Waals surface area contributed by atoms with Crippen molar-refractivity contribution in [2.45, 2.75) is 25.4 Å². The molecule has 1 aromatic heterocycles. The molecule has 0 aliphatic carbocycles. The van der Waals surface area contributed by atoms with Crippen molar-refractivity contribution in [2.24, 2.45) is 5.73 Å². The minimum atomic E-state index is 0.432. The van der Waals surface area contributed by atoms with Crippen LogP contribution < -0.4 is 10.6 Å². The fourth-order valence-corrected chi connectivity index (χ4v) is 2.89. The second-order valence-corrected chi connectivity index (χ2v) is 4.95. The Bertz CT molecular complexity index is 539. The highest BCUT2D eigenvalue weighted by molar-refractivity contribution is 5.50. The van der Waals surface area contributed by atoms with Crippen LogP contribution in [-0.2, 0) is 6.54 Å². The molecule has 0 spiro atoms.